The third-order valence-electron chi connectivity index (χ3n) is 3.67. The van der Waals surface area contributed by atoms with Crippen LogP contribution in [0.5, 0.6) is 0 Å². The zero-order chi connectivity index (χ0) is 15.3. The van der Waals surface area contributed by atoms with Gasteiger partial charge in [0, 0.05) is 6.54 Å². The molecule has 1 aliphatic rings. The van der Waals surface area contributed by atoms with Gasteiger partial charge >= 0.3 is 0 Å². The zero-order valence-corrected chi connectivity index (χ0v) is 13.5. The molecule has 5 nitrogen and oxygen atoms in total. The van der Waals surface area contributed by atoms with Crippen molar-refractivity contribution in [3.8, 4) is 0 Å². The Bertz CT molecular complexity index is 342. The Morgan fingerprint density at radius 1 is 1.30 bits per heavy atom. The number of rotatable bonds is 7. The predicted octanol–water partition coefficient (Wildman–Crippen LogP) is 1.09. The van der Waals surface area contributed by atoms with Crippen LogP contribution in [0.25, 0.3) is 0 Å². The summed E-state index contributed by atoms with van der Waals surface area (Å²) in [6.07, 6.45) is 2.29. The van der Waals surface area contributed by atoms with Gasteiger partial charge in [0.15, 0.2) is 0 Å². The molecule has 0 aromatic heterocycles. The van der Waals surface area contributed by atoms with E-state index in [4.69, 9.17) is 0 Å². The molecule has 2 atom stereocenters. The SMILES string of the molecule is CCC1C(=O)NC(CC(C)C)C(=O)N1CCCN(C)C. The number of nitrogens with one attached hydrogen (secondary N) is 1. The maximum absolute atomic E-state index is 12.5. The lowest BCUT2D eigenvalue weighted by Crippen LogP contribution is -2.63. The van der Waals surface area contributed by atoms with Crippen molar-refractivity contribution < 1.29 is 9.59 Å². The monoisotopic (exact) mass is 283 g/mol. The van der Waals surface area contributed by atoms with E-state index in [-0.39, 0.29) is 23.9 Å². The van der Waals surface area contributed by atoms with E-state index in [1.807, 2.05) is 21.0 Å². The highest BCUT2D eigenvalue weighted by molar-refractivity contribution is 5.96. The van der Waals surface area contributed by atoms with Gasteiger partial charge in [-0.2, -0.15) is 0 Å². The normalized spacial score (nSPS) is 23.6. The van der Waals surface area contributed by atoms with Crippen molar-refractivity contribution in [1.82, 2.24) is 15.1 Å². The van der Waals surface area contributed by atoms with Crippen molar-refractivity contribution in [2.45, 2.75) is 52.1 Å². The molecule has 0 aliphatic carbocycles. The summed E-state index contributed by atoms with van der Waals surface area (Å²) >= 11 is 0. The smallest absolute Gasteiger partial charge is 0.245 e. The van der Waals surface area contributed by atoms with Crippen LogP contribution in [-0.4, -0.2) is 60.9 Å². The van der Waals surface area contributed by atoms with Crippen LogP contribution in [0.3, 0.4) is 0 Å². The Labute approximate surface area is 122 Å². The van der Waals surface area contributed by atoms with Gasteiger partial charge in [-0.15, -0.1) is 0 Å². The largest absolute Gasteiger partial charge is 0.342 e. The maximum atomic E-state index is 12.5. The number of hydrogen-bond donors (Lipinski definition) is 1. The Balaban J connectivity index is 2.72. The molecule has 1 N–H and O–H groups in total. The van der Waals surface area contributed by atoms with Gasteiger partial charge < -0.3 is 15.1 Å². The highest BCUT2D eigenvalue weighted by Crippen LogP contribution is 2.18. The molecular formula is C15H29N3O2. The van der Waals surface area contributed by atoms with Gasteiger partial charge in [0.25, 0.3) is 0 Å². The van der Waals surface area contributed by atoms with Gasteiger partial charge in [-0.05, 0) is 45.8 Å². The van der Waals surface area contributed by atoms with Crippen LogP contribution in [0, 0.1) is 5.92 Å². The summed E-state index contributed by atoms with van der Waals surface area (Å²) in [5, 5.41) is 2.89. The van der Waals surface area contributed by atoms with Crippen molar-refractivity contribution in [3.63, 3.8) is 0 Å². The lowest BCUT2D eigenvalue weighted by Gasteiger charge is -2.39. The molecular weight excluding hydrogens is 254 g/mol. The lowest BCUT2D eigenvalue weighted by molar-refractivity contribution is -0.150. The molecule has 0 radical (unpaired) electrons. The summed E-state index contributed by atoms with van der Waals surface area (Å²) in [5.41, 5.74) is 0. The summed E-state index contributed by atoms with van der Waals surface area (Å²) in [6, 6.07) is -0.641. The van der Waals surface area contributed by atoms with Crippen LogP contribution in [0.1, 0.15) is 40.0 Å². The van der Waals surface area contributed by atoms with Crippen LogP contribution in [0.2, 0.25) is 0 Å². The Morgan fingerprint density at radius 2 is 1.95 bits per heavy atom. The van der Waals surface area contributed by atoms with Crippen molar-refractivity contribution in [2.24, 2.45) is 5.92 Å². The van der Waals surface area contributed by atoms with E-state index in [0.29, 0.717) is 25.3 Å². The molecule has 2 amide bonds. The zero-order valence-electron chi connectivity index (χ0n) is 13.5. The lowest BCUT2D eigenvalue weighted by atomic mass is 9.97. The van der Waals surface area contributed by atoms with Crippen molar-refractivity contribution in [3.05, 3.63) is 0 Å². The van der Waals surface area contributed by atoms with E-state index in [2.05, 4.69) is 24.1 Å². The van der Waals surface area contributed by atoms with Crippen molar-refractivity contribution in [2.75, 3.05) is 27.2 Å². The van der Waals surface area contributed by atoms with Gasteiger partial charge in [0.1, 0.15) is 12.1 Å². The number of nitrogens with zero attached hydrogens (tertiary/aromatic N) is 2. The van der Waals surface area contributed by atoms with E-state index < -0.39 is 0 Å². The maximum Gasteiger partial charge on any atom is 0.245 e. The summed E-state index contributed by atoms with van der Waals surface area (Å²) in [6.45, 7) is 7.69. The van der Waals surface area contributed by atoms with E-state index in [9.17, 15) is 9.59 Å². The second-order valence-electron chi connectivity index (χ2n) is 6.30. The number of piperazine rings is 1. The molecule has 0 spiro atoms. The molecule has 0 bridgehead atoms. The van der Waals surface area contributed by atoms with E-state index in [1.54, 1.807) is 4.90 Å². The van der Waals surface area contributed by atoms with Crippen LogP contribution in [0.15, 0.2) is 0 Å². The van der Waals surface area contributed by atoms with Crippen molar-refractivity contribution >= 4 is 11.8 Å². The summed E-state index contributed by atoms with van der Waals surface area (Å²) in [7, 11) is 4.03. The first-order chi connectivity index (χ1) is 9.36. The third kappa shape index (κ3) is 4.47. The third-order valence-corrected chi connectivity index (χ3v) is 3.67. The fourth-order valence-electron chi connectivity index (χ4n) is 2.69. The minimum absolute atomic E-state index is 0.00241. The van der Waals surface area contributed by atoms with Gasteiger partial charge in [-0.25, -0.2) is 0 Å². The topological polar surface area (TPSA) is 52.7 Å². The van der Waals surface area contributed by atoms with Gasteiger partial charge in [-0.3, -0.25) is 9.59 Å². The first-order valence-corrected chi connectivity index (χ1v) is 7.62. The van der Waals surface area contributed by atoms with Gasteiger partial charge in [0.2, 0.25) is 11.8 Å². The summed E-state index contributed by atoms with van der Waals surface area (Å²) in [5.74, 6) is 0.484. The van der Waals surface area contributed by atoms with Crippen LogP contribution in [0.4, 0.5) is 0 Å². The first kappa shape index (κ1) is 17.0. The fourth-order valence-corrected chi connectivity index (χ4v) is 2.69. The van der Waals surface area contributed by atoms with Crippen LogP contribution in [-0.2, 0) is 9.59 Å². The fraction of sp³-hybridized carbons (Fsp3) is 0.867. The molecule has 1 aliphatic heterocycles. The molecule has 0 aromatic rings. The second kappa shape index (κ2) is 7.62. The molecule has 1 rings (SSSR count). The molecule has 0 saturated carbocycles. The average molecular weight is 283 g/mol. The number of carbonyl (C=O) groups excluding carboxylic acids is 2. The van der Waals surface area contributed by atoms with Crippen molar-refractivity contribution in [1.29, 1.82) is 0 Å². The first-order valence-electron chi connectivity index (χ1n) is 7.62. The molecule has 20 heavy (non-hydrogen) atoms. The predicted molar refractivity (Wildman–Crippen MR) is 80.3 cm³/mol. The van der Waals surface area contributed by atoms with E-state index in [1.165, 1.54) is 0 Å². The Kier molecular flexibility index (Phi) is 6.46. The second-order valence-corrected chi connectivity index (χ2v) is 6.30. The van der Waals surface area contributed by atoms with Crippen LogP contribution < -0.4 is 5.32 Å². The van der Waals surface area contributed by atoms with E-state index >= 15 is 0 Å². The molecule has 5 heteroatoms. The minimum atomic E-state index is -0.343. The Hall–Kier alpha value is -1.10. The summed E-state index contributed by atoms with van der Waals surface area (Å²) in [4.78, 5) is 28.6. The molecule has 116 valence electrons. The molecule has 1 saturated heterocycles. The van der Waals surface area contributed by atoms with E-state index in [0.717, 1.165) is 13.0 Å². The molecule has 0 aromatic carbocycles. The van der Waals surface area contributed by atoms with Crippen LogP contribution >= 0.6 is 0 Å². The summed E-state index contributed by atoms with van der Waals surface area (Å²) < 4.78 is 0. The Morgan fingerprint density at radius 3 is 2.45 bits per heavy atom. The van der Waals surface area contributed by atoms with Gasteiger partial charge in [-0.1, -0.05) is 20.8 Å². The number of amides is 2. The molecule has 1 fully saturated rings. The average Bonchev–Trinajstić information content (AvgIpc) is 2.34. The quantitative estimate of drug-likeness (QED) is 0.761. The highest BCUT2D eigenvalue weighted by atomic mass is 16.2. The molecule has 2 unspecified atom stereocenters. The minimum Gasteiger partial charge on any atom is -0.342 e. The number of carbonyl (C=O) groups is 2. The molecule has 1 heterocycles. The van der Waals surface area contributed by atoms with Gasteiger partial charge in [0.05, 0.1) is 0 Å². The standard InChI is InChI=1S/C15H29N3O2/c1-6-13-14(19)16-12(10-11(2)3)15(20)18(13)9-7-8-17(4)5/h11-13H,6-10H2,1-5H3,(H,16,19). The highest BCUT2D eigenvalue weighted by Gasteiger charge is 2.39. The number of hydrogen-bond acceptors (Lipinski definition) is 3.